The molecule has 0 bridgehead atoms. The molecular formula is C17H22N4O2. The quantitative estimate of drug-likeness (QED) is 0.860. The molecule has 1 amide bonds. The molecule has 23 heavy (non-hydrogen) atoms. The molecule has 1 saturated heterocycles. The normalized spacial score (nSPS) is 15.7. The smallest absolute Gasteiger partial charge is 0.255 e. The maximum absolute atomic E-state index is 12.5. The number of furan rings is 1. The monoisotopic (exact) mass is 314 g/mol. The molecule has 122 valence electrons. The second kappa shape index (κ2) is 6.83. The van der Waals surface area contributed by atoms with Gasteiger partial charge in [-0.3, -0.25) is 9.69 Å². The van der Waals surface area contributed by atoms with Crippen LogP contribution in [0.2, 0.25) is 0 Å². The molecule has 2 aromatic heterocycles. The highest BCUT2D eigenvalue weighted by molar-refractivity contribution is 5.94. The van der Waals surface area contributed by atoms with Crippen LogP contribution in [0.3, 0.4) is 0 Å². The minimum Gasteiger partial charge on any atom is -0.468 e. The van der Waals surface area contributed by atoms with E-state index in [1.54, 1.807) is 12.5 Å². The molecule has 2 aromatic rings. The Bertz CT molecular complexity index is 629. The molecule has 3 heterocycles. The van der Waals surface area contributed by atoms with Crippen LogP contribution in [0.5, 0.6) is 0 Å². The van der Waals surface area contributed by atoms with Gasteiger partial charge in [-0.05, 0) is 24.3 Å². The van der Waals surface area contributed by atoms with Crippen LogP contribution >= 0.6 is 0 Å². The van der Waals surface area contributed by atoms with E-state index in [1.165, 1.54) is 0 Å². The van der Waals surface area contributed by atoms with Gasteiger partial charge in [-0.25, -0.2) is 4.98 Å². The number of aromatic nitrogens is 1. The zero-order valence-electron chi connectivity index (χ0n) is 13.6. The minimum atomic E-state index is 0.0560. The Morgan fingerprint density at radius 1 is 1.22 bits per heavy atom. The van der Waals surface area contributed by atoms with E-state index in [1.807, 2.05) is 48.2 Å². The summed E-state index contributed by atoms with van der Waals surface area (Å²) in [6.45, 7) is 3.98. The molecule has 0 N–H and O–H groups in total. The first kappa shape index (κ1) is 15.6. The van der Waals surface area contributed by atoms with Crippen molar-refractivity contribution in [3.63, 3.8) is 0 Å². The summed E-state index contributed by atoms with van der Waals surface area (Å²) in [5, 5.41) is 0. The molecule has 1 fully saturated rings. The third kappa shape index (κ3) is 3.71. The molecule has 1 aliphatic heterocycles. The van der Waals surface area contributed by atoms with Crippen molar-refractivity contribution < 1.29 is 9.21 Å². The second-order valence-electron chi connectivity index (χ2n) is 5.95. The number of hydrogen-bond acceptors (Lipinski definition) is 5. The Kier molecular flexibility index (Phi) is 4.62. The summed E-state index contributed by atoms with van der Waals surface area (Å²) in [7, 11) is 3.87. The van der Waals surface area contributed by atoms with Gasteiger partial charge in [0.15, 0.2) is 0 Å². The van der Waals surface area contributed by atoms with Gasteiger partial charge >= 0.3 is 0 Å². The number of rotatable bonds is 4. The van der Waals surface area contributed by atoms with Gasteiger partial charge in [0.25, 0.3) is 5.91 Å². The summed E-state index contributed by atoms with van der Waals surface area (Å²) in [4.78, 5) is 23.0. The van der Waals surface area contributed by atoms with Gasteiger partial charge in [0, 0.05) is 46.5 Å². The van der Waals surface area contributed by atoms with Crippen LogP contribution in [0.15, 0.2) is 41.1 Å². The van der Waals surface area contributed by atoms with Crippen LogP contribution in [0.1, 0.15) is 16.1 Å². The summed E-state index contributed by atoms with van der Waals surface area (Å²) in [5.41, 5.74) is 0.648. The Balaban J connectivity index is 1.55. The van der Waals surface area contributed by atoms with E-state index in [-0.39, 0.29) is 5.91 Å². The molecule has 0 saturated carbocycles. The summed E-state index contributed by atoms with van der Waals surface area (Å²) >= 11 is 0. The van der Waals surface area contributed by atoms with E-state index in [9.17, 15) is 4.79 Å². The first-order valence-corrected chi connectivity index (χ1v) is 7.81. The van der Waals surface area contributed by atoms with Gasteiger partial charge in [-0.2, -0.15) is 0 Å². The molecule has 6 nitrogen and oxygen atoms in total. The maximum atomic E-state index is 12.5. The lowest BCUT2D eigenvalue weighted by Crippen LogP contribution is -2.48. The van der Waals surface area contributed by atoms with Gasteiger partial charge < -0.3 is 14.2 Å². The highest BCUT2D eigenvalue weighted by atomic mass is 16.3. The standard InChI is InChI=1S/C17H22N4O2/c1-19(2)16-6-5-14(12-18-16)17(22)21-9-7-20(8-10-21)13-15-4-3-11-23-15/h3-6,11-12H,7-10,13H2,1-2H3. The van der Waals surface area contributed by atoms with Crippen molar-refractivity contribution in [3.8, 4) is 0 Å². The molecule has 0 aromatic carbocycles. The summed E-state index contributed by atoms with van der Waals surface area (Å²) in [5.74, 6) is 1.87. The molecule has 3 rings (SSSR count). The molecular weight excluding hydrogens is 292 g/mol. The van der Waals surface area contributed by atoms with Crippen LogP contribution in [-0.4, -0.2) is 61.0 Å². The number of hydrogen-bond donors (Lipinski definition) is 0. The molecule has 0 aliphatic carbocycles. The van der Waals surface area contributed by atoms with Crippen molar-refractivity contribution in [2.75, 3.05) is 45.2 Å². The first-order valence-electron chi connectivity index (χ1n) is 7.81. The van der Waals surface area contributed by atoms with Gasteiger partial charge in [-0.1, -0.05) is 0 Å². The predicted octanol–water partition coefficient (Wildman–Crippen LogP) is 1.70. The van der Waals surface area contributed by atoms with Gasteiger partial charge in [0.1, 0.15) is 11.6 Å². The van der Waals surface area contributed by atoms with Crippen molar-refractivity contribution in [1.29, 1.82) is 0 Å². The fraction of sp³-hybridized carbons (Fsp3) is 0.412. The Labute approximate surface area is 136 Å². The second-order valence-corrected chi connectivity index (χ2v) is 5.95. The van der Waals surface area contributed by atoms with Gasteiger partial charge in [0.05, 0.1) is 18.4 Å². The minimum absolute atomic E-state index is 0.0560. The number of amides is 1. The van der Waals surface area contributed by atoms with E-state index in [0.29, 0.717) is 5.56 Å². The van der Waals surface area contributed by atoms with Crippen molar-refractivity contribution in [2.24, 2.45) is 0 Å². The highest BCUT2D eigenvalue weighted by Crippen LogP contribution is 2.13. The van der Waals surface area contributed by atoms with E-state index in [4.69, 9.17) is 4.42 Å². The zero-order chi connectivity index (χ0) is 16.2. The van der Waals surface area contributed by atoms with Crippen LogP contribution in [0.25, 0.3) is 0 Å². The Hall–Kier alpha value is -2.34. The van der Waals surface area contributed by atoms with Crippen molar-refractivity contribution >= 4 is 11.7 Å². The van der Waals surface area contributed by atoms with Gasteiger partial charge in [-0.15, -0.1) is 0 Å². The Morgan fingerprint density at radius 3 is 2.57 bits per heavy atom. The molecule has 0 spiro atoms. The number of carbonyl (C=O) groups excluding carboxylic acids is 1. The van der Waals surface area contributed by atoms with Gasteiger partial charge in [0.2, 0.25) is 0 Å². The average molecular weight is 314 g/mol. The maximum Gasteiger partial charge on any atom is 0.255 e. The van der Waals surface area contributed by atoms with Crippen LogP contribution < -0.4 is 4.90 Å². The summed E-state index contributed by atoms with van der Waals surface area (Å²) in [6.07, 6.45) is 3.35. The lowest BCUT2D eigenvalue weighted by atomic mass is 10.2. The van der Waals surface area contributed by atoms with Crippen LogP contribution in [0, 0.1) is 0 Å². The van der Waals surface area contributed by atoms with Crippen molar-refractivity contribution in [2.45, 2.75) is 6.54 Å². The highest BCUT2D eigenvalue weighted by Gasteiger charge is 2.22. The topological polar surface area (TPSA) is 52.8 Å². The largest absolute Gasteiger partial charge is 0.468 e. The summed E-state index contributed by atoms with van der Waals surface area (Å²) in [6, 6.07) is 7.61. The number of carbonyl (C=O) groups is 1. The number of anilines is 1. The number of piperazine rings is 1. The fourth-order valence-electron chi connectivity index (χ4n) is 2.69. The molecule has 0 unspecified atom stereocenters. The number of nitrogens with zero attached hydrogens (tertiary/aromatic N) is 4. The number of pyridine rings is 1. The molecule has 1 aliphatic rings. The Morgan fingerprint density at radius 2 is 2.00 bits per heavy atom. The average Bonchev–Trinajstić information content (AvgIpc) is 3.08. The van der Waals surface area contributed by atoms with Crippen LogP contribution in [-0.2, 0) is 6.54 Å². The van der Waals surface area contributed by atoms with Crippen molar-refractivity contribution in [1.82, 2.24) is 14.8 Å². The van der Waals surface area contributed by atoms with Crippen molar-refractivity contribution in [3.05, 3.63) is 48.0 Å². The predicted molar refractivity (Wildman–Crippen MR) is 88.5 cm³/mol. The zero-order valence-corrected chi connectivity index (χ0v) is 13.6. The third-order valence-electron chi connectivity index (χ3n) is 4.07. The third-order valence-corrected chi connectivity index (χ3v) is 4.07. The fourth-order valence-corrected chi connectivity index (χ4v) is 2.69. The first-order chi connectivity index (χ1) is 11.1. The van der Waals surface area contributed by atoms with Crippen LogP contribution in [0.4, 0.5) is 5.82 Å². The van der Waals surface area contributed by atoms with E-state index >= 15 is 0 Å². The summed E-state index contributed by atoms with van der Waals surface area (Å²) < 4.78 is 5.38. The lowest BCUT2D eigenvalue weighted by molar-refractivity contribution is 0.0620. The van der Waals surface area contributed by atoms with E-state index < -0.39 is 0 Å². The molecule has 0 radical (unpaired) electrons. The van der Waals surface area contributed by atoms with E-state index in [0.717, 1.165) is 44.3 Å². The SMILES string of the molecule is CN(C)c1ccc(C(=O)N2CCN(Cc3ccco3)CC2)cn1. The lowest BCUT2D eigenvalue weighted by Gasteiger charge is -2.34. The molecule has 0 atom stereocenters. The molecule has 6 heteroatoms. The van der Waals surface area contributed by atoms with E-state index in [2.05, 4.69) is 9.88 Å².